The van der Waals surface area contributed by atoms with Gasteiger partial charge in [0.05, 0.1) is 13.7 Å². The molecule has 24 heavy (non-hydrogen) atoms. The molecular weight excluding hydrogens is 328 g/mol. The molecule has 3 rings (SSSR count). The maximum atomic E-state index is 12.5. The number of carbonyl (C=O) groups is 2. The number of imide groups is 1. The van der Waals surface area contributed by atoms with Crippen LogP contribution in [0.2, 0.25) is 0 Å². The Morgan fingerprint density at radius 3 is 2.29 bits per heavy atom. The van der Waals surface area contributed by atoms with Crippen molar-refractivity contribution in [2.75, 3.05) is 12.4 Å². The van der Waals surface area contributed by atoms with E-state index in [0.717, 1.165) is 10.5 Å². The summed E-state index contributed by atoms with van der Waals surface area (Å²) in [4.78, 5) is 25.9. The van der Waals surface area contributed by atoms with Gasteiger partial charge in [0.25, 0.3) is 11.8 Å². The number of hydrogen-bond acceptors (Lipinski definition) is 4. The first-order valence-electron chi connectivity index (χ1n) is 7.31. The molecule has 0 fully saturated rings. The number of benzene rings is 2. The average Bonchev–Trinajstić information content (AvgIpc) is 2.81. The summed E-state index contributed by atoms with van der Waals surface area (Å²) in [5.74, 6) is -0.244. The van der Waals surface area contributed by atoms with Gasteiger partial charge in [0.2, 0.25) is 0 Å². The largest absolute Gasteiger partial charge is 0.497 e. The van der Waals surface area contributed by atoms with Crippen LogP contribution < -0.4 is 10.1 Å². The molecule has 1 heterocycles. The van der Waals surface area contributed by atoms with E-state index in [4.69, 9.17) is 16.3 Å². The Hall–Kier alpha value is -2.79. The van der Waals surface area contributed by atoms with Crippen LogP contribution in [0.1, 0.15) is 5.56 Å². The molecule has 0 saturated heterocycles. The molecule has 0 aliphatic carbocycles. The fourth-order valence-corrected chi connectivity index (χ4v) is 2.61. The molecule has 0 saturated carbocycles. The van der Waals surface area contributed by atoms with Crippen LogP contribution in [-0.4, -0.2) is 23.8 Å². The number of nitrogens with one attached hydrogen (secondary N) is 1. The molecule has 1 aliphatic heterocycles. The van der Waals surface area contributed by atoms with Crippen molar-refractivity contribution in [1.29, 1.82) is 0 Å². The van der Waals surface area contributed by atoms with Gasteiger partial charge in [-0.2, -0.15) is 0 Å². The van der Waals surface area contributed by atoms with Crippen LogP contribution in [0.25, 0.3) is 0 Å². The zero-order valence-electron chi connectivity index (χ0n) is 13.0. The Kier molecular flexibility index (Phi) is 4.53. The van der Waals surface area contributed by atoms with Gasteiger partial charge < -0.3 is 10.1 Å². The van der Waals surface area contributed by atoms with Crippen molar-refractivity contribution in [3.63, 3.8) is 0 Å². The van der Waals surface area contributed by atoms with Crippen molar-refractivity contribution in [3.05, 3.63) is 70.9 Å². The molecule has 0 aromatic heterocycles. The lowest BCUT2D eigenvalue weighted by atomic mass is 10.2. The summed E-state index contributed by atoms with van der Waals surface area (Å²) in [6.45, 7) is 0.183. The SMILES string of the molecule is COc1ccc(NC2=C(Cl)C(=O)N(Cc3ccccc3)C2=O)cc1. The summed E-state index contributed by atoms with van der Waals surface area (Å²) in [6, 6.07) is 16.3. The van der Waals surface area contributed by atoms with E-state index < -0.39 is 11.8 Å². The predicted molar refractivity (Wildman–Crippen MR) is 91.5 cm³/mol. The molecule has 0 unspecified atom stereocenters. The topological polar surface area (TPSA) is 58.6 Å². The van der Waals surface area contributed by atoms with Crippen molar-refractivity contribution < 1.29 is 14.3 Å². The second-order valence-electron chi connectivity index (χ2n) is 5.22. The van der Waals surface area contributed by atoms with E-state index in [0.29, 0.717) is 11.4 Å². The van der Waals surface area contributed by atoms with Gasteiger partial charge >= 0.3 is 0 Å². The van der Waals surface area contributed by atoms with Crippen molar-refractivity contribution in [1.82, 2.24) is 4.90 Å². The highest BCUT2D eigenvalue weighted by Crippen LogP contribution is 2.27. The Bertz CT molecular complexity index is 801. The van der Waals surface area contributed by atoms with E-state index in [-0.39, 0.29) is 17.3 Å². The van der Waals surface area contributed by atoms with Crippen LogP contribution in [0.15, 0.2) is 65.3 Å². The summed E-state index contributed by atoms with van der Waals surface area (Å²) < 4.78 is 5.09. The third-order valence-corrected chi connectivity index (χ3v) is 4.00. The van der Waals surface area contributed by atoms with E-state index in [1.54, 1.807) is 31.4 Å². The first kappa shape index (κ1) is 16.1. The van der Waals surface area contributed by atoms with Gasteiger partial charge in [0.15, 0.2) is 0 Å². The highest BCUT2D eigenvalue weighted by molar-refractivity contribution is 6.48. The fraction of sp³-hybridized carbons (Fsp3) is 0.111. The smallest absolute Gasteiger partial charge is 0.279 e. The summed E-state index contributed by atoms with van der Waals surface area (Å²) >= 11 is 6.07. The minimum Gasteiger partial charge on any atom is -0.497 e. The summed E-state index contributed by atoms with van der Waals surface area (Å²) in [5, 5.41) is 2.81. The molecule has 1 aliphatic rings. The monoisotopic (exact) mass is 342 g/mol. The molecule has 0 atom stereocenters. The van der Waals surface area contributed by atoms with Gasteiger partial charge in [-0.15, -0.1) is 0 Å². The Balaban J connectivity index is 1.78. The molecule has 1 N–H and O–H groups in total. The molecule has 6 heteroatoms. The van der Waals surface area contributed by atoms with E-state index in [1.807, 2.05) is 30.3 Å². The van der Waals surface area contributed by atoms with Gasteiger partial charge in [-0.05, 0) is 29.8 Å². The van der Waals surface area contributed by atoms with Gasteiger partial charge in [-0.3, -0.25) is 14.5 Å². The van der Waals surface area contributed by atoms with Crippen LogP contribution in [-0.2, 0) is 16.1 Å². The molecule has 0 radical (unpaired) electrons. The van der Waals surface area contributed by atoms with Crippen LogP contribution in [0.4, 0.5) is 5.69 Å². The van der Waals surface area contributed by atoms with Crippen molar-refractivity contribution in [3.8, 4) is 5.75 Å². The molecule has 2 aromatic rings. The van der Waals surface area contributed by atoms with Crippen LogP contribution in [0.5, 0.6) is 5.75 Å². The van der Waals surface area contributed by atoms with E-state index >= 15 is 0 Å². The number of nitrogens with zero attached hydrogens (tertiary/aromatic N) is 1. The molecule has 5 nitrogen and oxygen atoms in total. The highest BCUT2D eigenvalue weighted by atomic mass is 35.5. The molecule has 2 aromatic carbocycles. The maximum Gasteiger partial charge on any atom is 0.279 e. The fourth-order valence-electron chi connectivity index (χ4n) is 2.38. The quantitative estimate of drug-likeness (QED) is 0.848. The molecule has 0 bridgehead atoms. The maximum absolute atomic E-state index is 12.5. The number of halogens is 1. The summed E-state index contributed by atoms with van der Waals surface area (Å²) in [6.07, 6.45) is 0. The molecule has 2 amide bonds. The predicted octanol–water partition coefficient (Wildman–Crippen LogP) is 3.13. The number of ether oxygens (including phenoxy) is 1. The summed E-state index contributed by atoms with van der Waals surface area (Å²) in [7, 11) is 1.57. The first-order valence-corrected chi connectivity index (χ1v) is 7.69. The minimum atomic E-state index is -0.499. The number of methoxy groups -OCH3 is 1. The lowest BCUT2D eigenvalue weighted by molar-refractivity contribution is -0.138. The standard InChI is InChI=1S/C18H15ClN2O3/c1-24-14-9-7-13(8-10-14)20-16-15(19)17(22)21(18(16)23)11-12-5-3-2-4-6-12/h2-10,20H,11H2,1H3. The number of hydrogen-bond donors (Lipinski definition) is 1. The molecule has 122 valence electrons. The van der Waals surface area contributed by atoms with Gasteiger partial charge in [0.1, 0.15) is 16.5 Å². The second kappa shape index (κ2) is 6.76. The minimum absolute atomic E-state index is 0.0859. The Labute approximate surface area is 144 Å². The summed E-state index contributed by atoms with van der Waals surface area (Å²) in [5.41, 5.74) is 1.59. The highest BCUT2D eigenvalue weighted by Gasteiger charge is 2.37. The van der Waals surface area contributed by atoms with E-state index in [2.05, 4.69) is 5.32 Å². The third-order valence-electron chi connectivity index (χ3n) is 3.65. The lowest BCUT2D eigenvalue weighted by Gasteiger charge is -2.15. The van der Waals surface area contributed by atoms with Crippen molar-refractivity contribution >= 4 is 29.1 Å². The van der Waals surface area contributed by atoms with Crippen LogP contribution in [0, 0.1) is 0 Å². The van der Waals surface area contributed by atoms with Crippen molar-refractivity contribution in [2.45, 2.75) is 6.54 Å². The number of carbonyl (C=O) groups excluding carboxylic acids is 2. The zero-order chi connectivity index (χ0) is 17.1. The van der Waals surface area contributed by atoms with E-state index in [1.165, 1.54) is 0 Å². The second-order valence-corrected chi connectivity index (χ2v) is 5.60. The van der Waals surface area contributed by atoms with Crippen molar-refractivity contribution in [2.24, 2.45) is 0 Å². The Morgan fingerprint density at radius 2 is 1.67 bits per heavy atom. The zero-order valence-corrected chi connectivity index (χ0v) is 13.7. The van der Waals surface area contributed by atoms with Gasteiger partial charge in [0, 0.05) is 5.69 Å². The first-order chi connectivity index (χ1) is 11.6. The Morgan fingerprint density at radius 1 is 1.00 bits per heavy atom. The van der Waals surface area contributed by atoms with Gasteiger partial charge in [-0.25, -0.2) is 0 Å². The number of amides is 2. The van der Waals surface area contributed by atoms with E-state index in [9.17, 15) is 9.59 Å². The number of anilines is 1. The van der Waals surface area contributed by atoms with Crippen LogP contribution in [0.3, 0.4) is 0 Å². The normalized spacial score (nSPS) is 14.3. The third kappa shape index (κ3) is 3.12. The van der Waals surface area contributed by atoms with Gasteiger partial charge in [-0.1, -0.05) is 41.9 Å². The molecular formula is C18H15ClN2O3. The lowest BCUT2D eigenvalue weighted by Crippen LogP contribution is -2.31. The average molecular weight is 343 g/mol. The number of rotatable bonds is 5. The molecule has 0 spiro atoms. The van der Waals surface area contributed by atoms with Crippen LogP contribution >= 0.6 is 11.6 Å².